The van der Waals surface area contributed by atoms with Gasteiger partial charge in [-0.2, -0.15) is 0 Å². The van der Waals surface area contributed by atoms with Gasteiger partial charge in [-0.1, -0.05) is 34.1 Å². The molecule has 0 saturated carbocycles. The first kappa shape index (κ1) is 14.3. The van der Waals surface area contributed by atoms with Gasteiger partial charge in [-0.15, -0.1) is 11.6 Å². The molecule has 3 rings (SSSR count). The second kappa shape index (κ2) is 6.00. The lowest BCUT2D eigenvalue weighted by atomic mass is 10.1. The topological polar surface area (TPSA) is 22.1 Å². The van der Waals surface area contributed by atoms with E-state index in [0.29, 0.717) is 16.2 Å². The SMILES string of the molecule is Fc1cc(Br)ccc1Oc1ncc(CCl)c2ccccc12. The molecule has 0 amide bonds. The maximum Gasteiger partial charge on any atom is 0.227 e. The summed E-state index contributed by atoms with van der Waals surface area (Å²) < 4.78 is 20.2. The van der Waals surface area contributed by atoms with Crippen LogP contribution in [0.15, 0.2) is 53.1 Å². The van der Waals surface area contributed by atoms with E-state index in [1.807, 2.05) is 24.3 Å². The van der Waals surface area contributed by atoms with Crippen LogP contribution < -0.4 is 4.74 Å². The van der Waals surface area contributed by atoms with Gasteiger partial charge in [0, 0.05) is 21.9 Å². The smallest absolute Gasteiger partial charge is 0.227 e. The zero-order chi connectivity index (χ0) is 14.8. The molecule has 21 heavy (non-hydrogen) atoms. The minimum Gasteiger partial charge on any atom is -0.435 e. The molecule has 0 unspecified atom stereocenters. The highest BCUT2D eigenvalue weighted by atomic mass is 79.9. The molecule has 0 radical (unpaired) electrons. The fourth-order valence-corrected chi connectivity index (χ4v) is 2.62. The van der Waals surface area contributed by atoms with E-state index >= 15 is 0 Å². The maximum atomic E-state index is 13.9. The minimum atomic E-state index is -0.448. The molecule has 0 saturated heterocycles. The Kier molecular flexibility index (Phi) is 4.08. The molecule has 106 valence electrons. The number of nitrogens with zero attached hydrogens (tertiary/aromatic N) is 1. The van der Waals surface area contributed by atoms with E-state index in [9.17, 15) is 4.39 Å². The van der Waals surface area contributed by atoms with E-state index in [0.717, 1.165) is 16.3 Å². The van der Waals surface area contributed by atoms with Crippen molar-refractivity contribution >= 4 is 38.3 Å². The summed E-state index contributed by atoms with van der Waals surface area (Å²) in [6.07, 6.45) is 1.65. The highest BCUT2D eigenvalue weighted by molar-refractivity contribution is 9.10. The van der Waals surface area contributed by atoms with E-state index in [1.54, 1.807) is 18.3 Å². The van der Waals surface area contributed by atoms with Crippen LogP contribution in [0.1, 0.15) is 5.56 Å². The van der Waals surface area contributed by atoms with Crippen LogP contribution in [-0.4, -0.2) is 4.98 Å². The van der Waals surface area contributed by atoms with Crippen LogP contribution in [0.3, 0.4) is 0 Å². The third kappa shape index (κ3) is 2.87. The van der Waals surface area contributed by atoms with Crippen molar-refractivity contribution in [2.24, 2.45) is 0 Å². The number of alkyl halides is 1. The number of halogens is 3. The van der Waals surface area contributed by atoms with E-state index in [2.05, 4.69) is 20.9 Å². The number of hydrogen-bond donors (Lipinski definition) is 0. The van der Waals surface area contributed by atoms with Crippen LogP contribution in [0.25, 0.3) is 10.8 Å². The molecule has 0 fully saturated rings. The van der Waals surface area contributed by atoms with Gasteiger partial charge in [0.2, 0.25) is 5.88 Å². The summed E-state index contributed by atoms with van der Waals surface area (Å²) in [6.45, 7) is 0. The Labute approximate surface area is 134 Å². The summed E-state index contributed by atoms with van der Waals surface area (Å²) in [6, 6.07) is 12.3. The van der Waals surface area contributed by atoms with Gasteiger partial charge in [-0.25, -0.2) is 9.37 Å². The quantitative estimate of drug-likeness (QED) is 0.557. The lowest BCUT2D eigenvalue weighted by Crippen LogP contribution is -1.94. The van der Waals surface area contributed by atoms with Crippen LogP contribution in [-0.2, 0) is 5.88 Å². The van der Waals surface area contributed by atoms with Crippen molar-refractivity contribution in [3.63, 3.8) is 0 Å². The number of ether oxygens (including phenoxy) is 1. The van der Waals surface area contributed by atoms with E-state index < -0.39 is 5.82 Å². The Morgan fingerprint density at radius 3 is 2.62 bits per heavy atom. The summed E-state index contributed by atoms with van der Waals surface area (Å²) in [5.74, 6) is 0.410. The van der Waals surface area contributed by atoms with E-state index in [-0.39, 0.29) is 5.75 Å². The Morgan fingerprint density at radius 1 is 1.14 bits per heavy atom. The molecule has 0 N–H and O–H groups in total. The molecule has 1 heterocycles. The molecular formula is C16H10BrClFNO. The minimum absolute atomic E-state index is 0.134. The van der Waals surface area contributed by atoms with Gasteiger partial charge < -0.3 is 4.74 Å². The predicted molar refractivity (Wildman–Crippen MR) is 85.5 cm³/mol. The van der Waals surface area contributed by atoms with Crippen LogP contribution in [0.2, 0.25) is 0 Å². The summed E-state index contributed by atoms with van der Waals surface area (Å²) in [5, 5.41) is 1.76. The number of aromatic nitrogens is 1. The molecule has 0 aliphatic heterocycles. The Hall–Kier alpha value is -1.65. The van der Waals surface area contributed by atoms with Crippen molar-refractivity contribution in [3.8, 4) is 11.6 Å². The first-order valence-electron chi connectivity index (χ1n) is 6.24. The first-order valence-corrected chi connectivity index (χ1v) is 7.57. The molecule has 5 heteroatoms. The molecule has 0 aliphatic rings. The highest BCUT2D eigenvalue weighted by Gasteiger charge is 2.11. The summed E-state index contributed by atoms with van der Waals surface area (Å²) in [4.78, 5) is 4.25. The van der Waals surface area contributed by atoms with Crippen LogP contribution >= 0.6 is 27.5 Å². The van der Waals surface area contributed by atoms with Crippen molar-refractivity contribution in [1.82, 2.24) is 4.98 Å². The first-order chi connectivity index (χ1) is 10.2. The van der Waals surface area contributed by atoms with Crippen LogP contribution in [0, 0.1) is 5.82 Å². The van der Waals surface area contributed by atoms with Crippen molar-refractivity contribution in [1.29, 1.82) is 0 Å². The lowest BCUT2D eigenvalue weighted by molar-refractivity contribution is 0.432. The average Bonchev–Trinajstić information content (AvgIpc) is 2.50. The van der Waals surface area contributed by atoms with Gasteiger partial charge in [0.25, 0.3) is 0 Å². The van der Waals surface area contributed by atoms with Gasteiger partial charge in [-0.3, -0.25) is 0 Å². The molecular weight excluding hydrogens is 357 g/mol. The van der Waals surface area contributed by atoms with E-state index in [4.69, 9.17) is 16.3 Å². The Morgan fingerprint density at radius 2 is 1.90 bits per heavy atom. The van der Waals surface area contributed by atoms with Gasteiger partial charge in [0.1, 0.15) is 0 Å². The fourth-order valence-electron chi connectivity index (χ4n) is 2.08. The molecule has 0 bridgehead atoms. The van der Waals surface area contributed by atoms with Gasteiger partial charge >= 0.3 is 0 Å². The molecule has 2 nitrogen and oxygen atoms in total. The average molecular weight is 367 g/mol. The zero-order valence-electron chi connectivity index (χ0n) is 10.8. The van der Waals surface area contributed by atoms with Crippen LogP contribution in [0.5, 0.6) is 11.6 Å². The zero-order valence-corrected chi connectivity index (χ0v) is 13.2. The molecule has 1 aromatic heterocycles. The third-order valence-corrected chi connectivity index (χ3v) is 3.87. The summed E-state index contributed by atoms with van der Waals surface area (Å²) in [7, 11) is 0. The highest BCUT2D eigenvalue weighted by Crippen LogP contribution is 2.32. The fraction of sp³-hybridized carbons (Fsp3) is 0.0625. The monoisotopic (exact) mass is 365 g/mol. The number of pyridine rings is 1. The van der Waals surface area contributed by atoms with E-state index in [1.165, 1.54) is 6.07 Å². The normalized spacial score (nSPS) is 10.8. The molecule has 0 spiro atoms. The Bertz CT molecular complexity index is 809. The molecule has 0 aliphatic carbocycles. The summed E-state index contributed by atoms with van der Waals surface area (Å²) in [5.41, 5.74) is 0.913. The number of rotatable bonds is 3. The standard InChI is InChI=1S/C16H10BrClFNO/c17-11-5-6-15(14(19)7-11)21-16-13-4-2-1-3-12(13)10(8-18)9-20-16/h1-7,9H,8H2. The maximum absolute atomic E-state index is 13.9. The number of hydrogen-bond acceptors (Lipinski definition) is 2. The van der Waals surface area contributed by atoms with Gasteiger partial charge in [0.05, 0.1) is 0 Å². The number of benzene rings is 2. The predicted octanol–water partition coefficient (Wildman–Crippen LogP) is 5.67. The second-order valence-corrected chi connectivity index (χ2v) is 5.63. The molecule has 2 aromatic carbocycles. The largest absolute Gasteiger partial charge is 0.435 e. The molecule has 0 atom stereocenters. The van der Waals surface area contributed by atoms with Gasteiger partial charge in [-0.05, 0) is 35.2 Å². The van der Waals surface area contributed by atoms with Crippen molar-refractivity contribution in [2.75, 3.05) is 0 Å². The number of fused-ring (bicyclic) bond motifs is 1. The Balaban J connectivity index is 2.09. The second-order valence-electron chi connectivity index (χ2n) is 4.44. The van der Waals surface area contributed by atoms with Crippen molar-refractivity contribution in [2.45, 2.75) is 5.88 Å². The van der Waals surface area contributed by atoms with Crippen LogP contribution in [0.4, 0.5) is 4.39 Å². The van der Waals surface area contributed by atoms with Crippen molar-refractivity contribution < 1.29 is 9.13 Å². The van der Waals surface area contributed by atoms with Gasteiger partial charge in [0.15, 0.2) is 11.6 Å². The lowest BCUT2D eigenvalue weighted by Gasteiger charge is -2.10. The molecule has 3 aromatic rings. The third-order valence-electron chi connectivity index (χ3n) is 3.09. The van der Waals surface area contributed by atoms with Crippen molar-refractivity contribution in [3.05, 3.63) is 64.5 Å². The summed E-state index contributed by atoms with van der Waals surface area (Å²) >= 11 is 9.13.